The number of hydrogen-bond donors (Lipinski definition) is 1. The van der Waals surface area contributed by atoms with Gasteiger partial charge in [-0.15, -0.1) is 0 Å². The van der Waals surface area contributed by atoms with Crippen molar-refractivity contribution in [2.24, 2.45) is 0 Å². The fourth-order valence-electron chi connectivity index (χ4n) is 5.42. The number of imidazole rings is 1. The molecule has 7 aromatic rings. The maximum absolute atomic E-state index is 10.6. The van der Waals surface area contributed by atoms with E-state index in [1.807, 2.05) is 49.5 Å². The third-order valence-corrected chi connectivity index (χ3v) is 7.52. The molecule has 196 valence electrons. The van der Waals surface area contributed by atoms with Crippen molar-refractivity contribution < 1.29 is 5.11 Å². The number of phenolic OH excluding ortho intramolecular Hbond substituents is 1. The topological polar surface area (TPSA) is 50.4 Å². The van der Waals surface area contributed by atoms with Crippen LogP contribution in [0.25, 0.3) is 61.7 Å². The highest BCUT2D eigenvalue weighted by Crippen LogP contribution is 2.36. The molecule has 0 aliphatic carbocycles. The van der Waals surface area contributed by atoms with Gasteiger partial charge in [-0.05, 0) is 71.6 Å². The third kappa shape index (κ3) is 4.56. The van der Waals surface area contributed by atoms with Gasteiger partial charge in [0.15, 0.2) is 0 Å². The number of aryl methyl sites for hydroxylation is 1. The summed E-state index contributed by atoms with van der Waals surface area (Å²) in [5.41, 5.74) is 11.5. The number of para-hydroxylation sites is 1. The monoisotopic (exact) mass is 529 g/mol. The summed E-state index contributed by atoms with van der Waals surface area (Å²) in [7, 11) is 0. The van der Waals surface area contributed by atoms with E-state index in [9.17, 15) is 5.11 Å². The van der Waals surface area contributed by atoms with Crippen LogP contribution in [0.3, 0.4) is 0 Å². The lowest BCUT2D eigenvalue weighted by Gasteiger charge is -2.12. The summed E-state index contributed by atoms with van der Waals surface area (Å²) in [4.78, 5) is 10.3. The molecule has 0 fully saturated rings. The number of rotatable bonds is 5. The molecule has 41 heavy (non-hydrogen) atoms. The quantitative estimate of drug-likeness (QED) is 0.242. The zero-order valence-corrected chi connectivity index (χ0v) is 22.6. The molecule has 0 amide bonds. The molecule has 4 heteroatoms. The molecule has 0 radical (unpaired) electrons. The summed E-state index contributed by atoms with van der Waals surface area (Å²) in [6, 6.07) is 45.1. The van der Waals surface area contributed by atoms with Crippen molar-refractivity contribution in [3.8, 4) is 61.8 Å². The fraction of sp³-hybridized carbons (Fsp3) is 0.0270. The average molecular weight is 530 g/mol. The van der Waals surface area contributed by atoms with Crippen molar-refractivity contribution in [2.45, 2.75) is 6.92 Å². The standard InChI is InChI=1S/C37H27N3O/c1-25-36(32-18-8-9-20-35(32)41)39-37-31(19-11-21-40(25)37)34-24-30(27-14-6-3-7-15-27)23-33(38-34)29-17-10-16-28(22-29)26-12-4-2-5-13-26/h2-24,41H,1H3. The van der Waals surface area contributed by atoms with E-state index in [0.29, 0.717) is 5.56 Å². The maximum atomic E-state index is 10.6. The number of aromatic nitrogens is 3. The van der Waals surface area contributed by atoms with Crippen LogP contribution >= 0.6 is 0 Å². The van der Waals surface area contributed by atoms with Crippen LogP contribution in [0.1, 0.15) is 5.69 Å². The van der Waals surface area contributed by atoms with E-state index in [4.69, 9.17) is 9.97 Å². The largest absolute Gasteiger partial charge is 0.507 e. The van der Waals surface area contributed by atoms with Crippen molar-refractivity contribution in [3.63, 3.8) is 0 Å². The van der Waals surface area contributed by atoms with Crippen LogP contribution in [-0.2, 0) is 0 Å². The van der Waals surface area contributed by atoms with Crippen LogP contribution in [0.2, 0.25) is 0 Å². The zero-order valence-electron chi connectivity index (χ0n) is 22.6. The molecule has 3 heterocycles. The fourth-order valence-corrected chi connectivity index (χ4v) is 5.42. The minimum atomic E-state index is 0.213. The summed E-state index contributed by atoms with van der Waals surface area (Å²) in [6.45, 7) is 2.03. The Labute approximate surface area is 238 Å². The van der Waals surface area contributed by atoms with Gasteiger partial charge in [0.2, 0.25) is 0 Å². The predicted octanol–water partition coefficient (Wildman–Crippen LogP) is 9.08. The minimum Gasteiger partial charge on any atom is -0.507 e. The summed E-state index contributed by atoms with van der Waals surface area (Å²) < 4.78 is 2.07. The first kappa shape index (κ1) is 24.6. The van der Waals surface area contributed by atoms with E-state index in [-0.39, 0.29) is 5.75 Å². The highest BCUT2D eigenvalue weighted by Gasteiger charge is 2.18. The summed E-state index contributed by atoms with van der Waals surface area (Å²) in [5.74, 6) is 0.213. The molecule has 4 nitrogen and oxygen atoms in total. The van der Waals surface area contributed by atoms with E-state index in [0.717, 1.165) is 56.2 Å². The van der Waals surface area contributed by atoms with Gasteiger partial charge in [-0.2, -0.15) is 0 Å². The van der Waals surface area contributed by atoms with E-state index in [2.05, 4.69) is 95.4 Å². The molecule has 3 aromatic heterocycles. The third-order valence-electron chi connectivity index (χ3n) is 7.52. The second kappa shape index (κ2) is 10.2. The van der Waals surface area contributed by atoms with Gasteiger partial charge in [-0.25, -0.2) is 9.97 Å². The van der Waals surface area contributed by atoms with Gasteiger partial charge in [0.25, 0.3) is 0 Å². The minimum absolute atomic E-state index is 0.213. The number of fused-ring (bicyclic) bond motifs is 1. The van der Waals surface area contributed by atoms with Crippen LogP contribution in [0.15, 0.2) is 140 Å². The van der Waals surface area contributed by atoms with Gasteiger partial charge in [0, 0.05) is 28.6 Å². The molecular weight excluding hydrogens is 502 g/mol. The van der Waals surface area contributed by atoms with Crippen molar-refractivity contribution in [3.05, 3.63) is 145 Å². The molecule has 0 bridgehead atoms. The Morgan fingerprint density at radius 3 is 1.88 bits per heavy atom. The van der Waals surface area contributed by atoms with Gasteiger partial charge >= 0.3 is 0 Å². The molecule has 0 saturated carbocycles. The number of pyridine rings is 2. The lowest BCUT2D eigenvalue weighted by atomic mass is 9.98. The summed E-state index contributed by atoms with van der Waals surface area (Å²) in [5, 5.41) is 10.6. The highest BCUT2D eigenvalue weighted by atomic mass is 16.3. The van der Waals surface area contributed by atoms with Crippen molar-refractivity contribution >= 4 is 5.65 Å². The first-order valence-electron chi connectivity index (χ1n) is 13.7. The zero-order chi connectivity index (χ0) is 27.8. The first-order valence-corrected chi connectivity index (χ1v) is 13.7. The SMILES string of the molecule is Cc1c(-c2ccccc2O)nc2c(-c3cc(-c4ccccc4)cc(-c4cccc(-c5ccccc5)c4)n3)cccn12. The molecular formula is C37H27N3O. The normalized spacial score (nSPS) is 11.1. The smallest absolute Gasteiger partial charge is 0.147 e. The lowest BCUT2D eigenvalue weighted by molar-refractivity contribution is 0.477. The Morgan fingerprint density at radius 1 is 0.512 bits per heavy atom. The molecule has 0 unspecified atom stereocenters. The van der Waals surface area contributed by atoms with Crippen LogP contribution in [0.5, 0.6) is 5.75 Å². The molecule has 0 spiro atoms. The van der Waals surface area contributed by atoms with Crippen molar-refractivity contribution in [2.75, 3.05) is 0 Å². The number of aromatic hydroxyl groups is 1. The van der Waals surface area contributed by atoms with Crippen LogP contribution in [-0.4, -0.2) is 19.5 Å². The molecule has 1 N–H and O–H groups in total. The second-order valence-electron chi connectivity index (χ2n) is 10.1. The number of phenols is 1. The Morgan fingerprint density at radius 2 is 1.12 bits per heavy atom. The number of benzene rings is 4. The molecule has 0 aliphatic heterocycles. The van der Waals surface area contributed by atoms with Crippen molar-refractivity contribution in [1.29, 1.82) is 0 Å². The van der Waals surface area contributed by atoms with E-state index in [1.165, 1.54) is 5.56 Å². The molecule has 0 saturated heterocycles. The summed E-state index contributed by atoms with van der Waals surface area (Å²) in [6.07, 6.45) is 2.01. The average Bonchev–Trinajstić information content (AvgIpc) is 3.38. The van der Waals surface area contributed by atoms with E-state index < -0.39 is 0 Å². The molecule has 4 aromatic carbocycles. The van der Waals surface area contributed by atoms with Gasteiger partial charge in [0.1, 0.15) is 11.4 Å². The van der Waals surface area contributed by atoms with Gasteiger partial charge < -0.3 is 9.51 Å². The number of nitrogens with zero attached hydrogens (tertiary/aromatic N) is 3. The Kier molecular flexibility index (Phi) is 6.14. The Hall–Kier alpha value is -5.48. The highest BCUT2D eigenvalue weighted by molar-refractivity contribution is 5.84. The summed E-state index contributed by atoms with van der Waals surface area (Å²) >= 11 is 0. The van der Waals surface area contributed by atoms with Crippen molar-refractivity contribution in [1.82, 2.24) is 14.4 Å². The molecule has 7 rings (SSSR count). The number of hydrogen-bond acceptors (Lipinski definition) is 3. The van der Waals surface area contributed by atoms with Crippen LogP contribution in [0, 0.1) is 6.92 Å². The lowest BCUT2D eigenvalue weighted by Crippen LogP contribution is -1.95. The van der Waals surface area contributed by atoms with Crippen LogP contribution in [0.4, 0.5) is 0 Å². The Bertz CT molecular complexity index is 2010. The predicted molar refractivity (Wildman–Crippen MR) is 167 cm³/mol. The van der Waals surface area contributed by atoms with E-state index >= 15 is 0 Å². The molecule has 0 aliphatic rings. The second-order valence-corrected chi connectivity index (χ2v) is 10.1. The van der Waals surface area contributed by atoms with Gasteiger partial charge in [-0.3, -0.25) is 0 Å². The van der Waals surface area contributed by atoms with E-state index in [1.54, 1.807) is 6.07 Å². The first-order chi connectivity index (χ1) is 20.2. The van der Waals surface area contributed by atoms with Gasteiger partial charge in [-0.1, -0.05) is 91.0 Å². The molecule has 0 atom stereocenters. The van der Waals surface area contributed by atoms with Crippen LogP contribution < -0.4 is 0 Å². The Balaban J connectivity index is 1.43. The van der Waals surface area contributed by atoms with Gasteiger partial charge in [0.05, 0.1) is 17.1 Å². The maximum Gasteiger partial charge on any atom is 0.147 e.